The quantitative estimate of drug-likeness (QED) is 0.238. The lowest BCUT2D eigenvalue weighted by Gasteiger charge is -2.09. The summed E-state index contributed by atoms with van der Waals surface area (Å²) >= 11 is 0. The third-order valence-electron chi connectivity index (χ3n) is 1.73. The summed E-state index contributed by atoms with van der Waals surface area (Å²) < 4.78 is 26.8. The van der Waals surface area contributed by atoms with Crippen LogP contribution in [0.3, 0.4) is 0 Å². The van der Waals surface area contributed by atoms with Crippen molar-refractivity contribution in [2.24, 2.45) is 0 Å². The highest BCUT2D eigenvalue weighted by Crippen LogP contribution is 2.53. The van der Waals surface area contributed by atoms with Gasteiger partial charge < -0.3 is 44.7 Å². The minimum Gasteiger partial charge on any atom is -0.394 e. The summed E-state index contributed by atoms with van der Waals surface area (Å²) in [5.74, 6) is 0. The molecule has 116 valence electrons. The Hall–Kier alpha value is 0.0600. The molecule has 0 aliphatic carbocycles. The molecule has 1 aliphatic heterocycles. The minimum atomic E-state index is -5.05. The predicted octanol–water partition coefficient (Wildman–Crippen LogP) is -3.39. The van der Waals surface area contributed by atoms with Gasteiger partial charge in [-0.3, -0.25) is 0 Å². The second kappa shape index (κ2) is 7.18. The number of ether oxygens (including phenoxy) is 1. The summed E-state index contributed by atoms with van der Waals surface area (Å²) in [7, 11) is -10.1. The van der Waals surface area contributed by atoms with Gasteiger partial charge in [-0.05, 0) is 0 Å². The van der Waals surface area contributed by atoms with Crippen LogP contribution in [0.1, 0.15) is 0 Å². The van der Waals surface area contributed by atoms with Crippen molar-refractivity contribution < 1.29 is 58.2 Å². The van der Waals surface area contributed by atoms with Crippen molar-refractivity contribution in [1.29, 1.82) is 0 Å². The molecule has 4 atom stereocenters. The largest absolute Gasteiger partial charge is 0.478 e. The van der Waals surface area contributed by atoms with Gasteiger partial charge in [0.25, 0.3) is 0 Å². The van der Waals surface area contributed by atoms with E-state index in [9.17, 15) is 9.13 Å². The van der Waals surface area contributed by atoms with Crippen molar-refractivity contribution in [1.82, 2.24) is 0 Å². The molecule has 0 radical (unpaired) electrons. The minimum absolute atomic E-state index is 0.407. The Morgan fingerprint density at radius 1 is 0.947 bits per heavy atom. The van der Waals surface area contributed by atoms with Crippen LogP contribution < -0.4 is 0 Å². The summed E-state index contributed by atoms with van der Waals surface area (Å²) in [6.45, 7) is -0.407. The smallest absolute Gasteiger partial charge is 0.394 e. The third-order valence-corrected chi connectivity index (χ3v) is 3.43. The Bertz CT molecular complexity index is 339. The molecule has 14 heteroatoms. The lowest BCUT2D eigenvalue weighted by molar-refractivity contribution is -0.132. The van der Waals surface area contributed by atoms with Crippen LogP contribution in [0.4, 0.5) is 0 Å². The van der Waals surface area contributed by atoms with E-state index in [1.54, 1.807) is 0 Å². The molecule has 1 heterocycles. The average Bonchev–Trinajstić information content (AvgIpc) is 2.41. The maximum absolute atomic E-state index is 9.63. The molecule has 0 saturated carbocycles. The van der Waals surface area contributed by atoms with Crippen molar-refractivity contribution in [2.75, 3.05) is 6.61 Å². The summed E-state index contributed by atoms with van der Waals surface area (Å²) in [6, 6.07) is 0. The molecule has 0 aromatic carbocycles. The van der Waals surface area contributed by atoms with E-state index in [0.717, 1.165) is 0 Å². The average molecular weight is 328 g/mol. The van der Waals surface area contributed by atoms with Crippen molar-refractivity contribution in [3.05, 3.63) is 0 Å². The predicted molar refractivity (Wildman–Crippen MR) is 55.2 cm³/mol. The molecule has 0 spiro atoms. The van der Waals surface area contributed by atoms with Gasteiger partial charge in [0.1, 0.15) is 18.3 Å². The van der Waals surface area contributed by atoms with Crippen LogP contribution in [0, 0.1) is 0 Å². The molecule has 12 nitrogen and oxygen atoms in total. The van der Waals surface area contributed by atoms with Crippen molar-refractivity contribution in [2.45, 2.75) is 24.6 Å². The molecule has 0 amide bonds. The number of phosphoric acid groups is 2. The van der Waals surface area contributed by atoms with Crippen LogP contribution in [-0.2, 0) is 18.2 Å². The number of hydrogen-bond acceptors (Lipinski definition) is 8. The molecule has 1 fully saturated rings. The second-order valence-electron chi connectivity index (χ2n) is 3.29. The maximum atomic E-state index is 9.63. The number of aliphatic hydroxyl groups excluding tert-OH is 4. The van der Waals surface area contributed by atoms with Gasteiger partial charge in [0.05, 0.1) is 6.61 Å². The first-order valence-corrected chi connectivity index (χ1v) is 7.56. The van der Waals surface area contributed by atoms with Gasteiger partial charge in [-0.15, -0.1) is 0 Å². The van der Waals surface area contributed by atoms with Crippen LogP contribution >= 0.6 is 15.6 Å². The number of hydrogen-bond donors (Lipinski definition) is 8. The normalized spacial score (nSPS) is 31.8. The topological polar surface area (TPSA) is 214 Å². The van der Waals surface area contributed by atoms with Crippen LogP contribution in [-0.4, -0.2) is 71.2 Å². The highest BCUT2D eigenvalue weighted by Gasteiger charge is 2.41. The zero-order valence-electron chi connectivity index (χ0n) is 9.12. The molecule has 1 rings (SSSR count). The maximum Gasteiger partial charge on any atom is 0.478 e. The van der Waals surface area contributed by atoms with Crippen LogP contribution in [0.5, 0.6) is 0 Å². The van der Waals surface area contributed by atoms with E-state index < -0.39 is 46.9 Å². The standard InChI is InChI=1S/C5H10O5.H4O7P2/c6-1-2-3(7)4(8)5(9)10-2;1-8(2,3)7-9(4,5)6/h2-9H,1H2;(H2,1,2,3)(H2,4,5,6)/t2-,3-,4-,5+;/m1./s1. The van der Waals surface area contributed by atoms with E-state index >= 15 is 0 Å². The first-order valence-electron chi connectivity index (χ1n) is 4.50. The Kier molecular flexibility index (Phi) is 7.20. The number of rotatable bonds is 3. The van der Waals surface area contributed by atoms with E-state index in [2.05, 4.69) is 9.05 Å². The SMILES string of the molecule is O=P(O)(O)OP(=O)(O)O.OC[C@H]1O[C@H](O)[C@H](O)[C@@H]1O. The van der Waals surface area contributed by atoms with Gasteiger partial charge in [-0.2, -0.15) is 4.31 Å². The van der Waals surface area contributed by atoms with E-state index in [1.165, 1.54) is 0 Å². The van der Waals surface area contributed by atoms with E-state index in [1.807, 2.05) is 0 Å². The lowest BCUT2D eigenvalue weighted by Crippen LogP contribution is -2.33. The Balaban J connectivity index is 0.000000344. The first kappa shape index (κ1) is 19.1. The van der Waals surface area contributed by atoms with Crippen LogP contribution in [0.25, 0.3) is 0 Å². The van der Waals surface area contributed by atoms with E-state index in [0.29, 0.717) is 0 Å². The molecule has 0 aromatic rings. The Morgan fingerprint density at radius 3 is 1.47 bits per heavy atom. The van der Waals surface area contributed by atoms with Crippen molar-refractivity contribution in [3.63, 3.8) is 0 Å². The number of aliphatic hydroxyl groups is 4. The van der Waals surface area contributed by atoms with Gasteiger partial charge in [0, 0.05) is 0 Å². The molecule has 8 N–H and O–H groups in total. The molecule has 0 unspecified atom stereocenters. The molecule has 1 aliphatic rings. The fourth-order valence-corrected chi connectivity index (χ4v) is 2.13. The van der Waals surface area contributed by atoms with Gasteiger partial charge in [-0.1, -0.05) is 0 Å². The second-order valence-corrected chi connectivity index (χ2v) is 5.91. The Labute approximate surface area is 106 Å². The molecule has 1 saturated heterocycles. The highest BCUT2D eigenvalue weighted by molar-refractivity contribution is 7.60. The lowest BCUT2D eigenvalue weighted by atomic mass is 10.1. The summed E-state index contributed by atoms with van der Waals surface area (Å²) in [6.07, 6.45) is -4.76. The molecule has 0 aromatic heterocycles. The van der Waals surface area contributed by atoms with Crippen molar-refractivity contribution in [3.8, 4) is 0 Å². The van der Waals surface area contributed by atoms with Crippen LogP contribution in [0.15, 0.2) is 0 Å². The third kappa shape index (κ3) is 8.05. The fourth-order valence-electron chi connectivity index (χ4n) is 1.02. The summed E-state index contributed by atoms with van der Waals surface area (Å²) in [5.41, 5.74) is 0. The monoisotopic (exact) mass is 328 g/mol. The van der Waals surface area contributed by atoms with Crippen molar-refractivity contribution >= 4 is 15.6 Å². The molecule has 0 bridgehead atoms. The van der Waals surface area contributed by atoms with E-state index in [4.69, 9.17) is 40.0 Å². The zero-order valence-corrected chi connectivity index (χ0v) is 10.9. The summed E-state index contributed by atoms with van der Waals surface area (Å²) in [5, 5.41) is 35.0. The highest BCUT2D eigenvalue weighted by atomic mass is 31.3. The van der Waals surface area contributed by atoms with Gasteiger partial charge in [0.15, 0.2) is 6.29 Å². The zero-order chi connectivity index (χ0) is 15.4. The summed E-state index contributed by atoms with van der Waals surface area (Å²) in [4.78, 5) is 31.0. The Morgan fingerprint density at radius 2 is 1.37 bits per heavy atom. The van der Waals surface area contributed by atoms with Gasteiger partial charge in [-0.25, -0.2) is 9.13 Å². The van der Waals surface area contributed by atoms with E-state index in [-0.39, 0.29) is 0 Å². The molecular formula is C5H14O12P2. The first-order chi connectivity index (χ1) is 8.37. The molecular weight excluding hydrogens is 314 g/mol. The van der Waals surface area contributed by atoms with Crippen LogP contribution in [0.2, 0.25) is 0 Å². The van der Waals surface area contributed by atoms with Gasteiger partial charge >= 0.3 is 15.6 Å². The fraction of sp³-hybridized carbons (Fsp3) is 1.00. The molecule has 19 heavy (non-hydrogen) atoms. The van der Waals surface area contributed by atoms with Gasteiger partial charge in [0.2, 0.25) is 0 Å².